The quantitative estimate of drug-likeness (QED) is 0.840. The summed E-state index contributed by atoms with van der Waals surface area (Å²) in [5.41, 5.74) is 0.655. The van der Waals surface area contributed by atoms with Crippen molar-refractivity contribution in [2.45, 2.75) is 12.8 Å². The summed E-state index contributed by atoms with van der Waals surface area (Å²) < 4.78 is 10.4. The molecule has 1 atom stereocenters. The zero-order chi connectivity index (χ0) is 13.8. The molecule has 3 heterocycles. The van der Waals surface area contributed by atoms with Crippen molar-refractivity contribution in [1.82, 2.24) is 9.80 Å². The lowest BCUT2D eigenvalue weighted by molar-refractivity contribution is 0.0759. The van der Waals surface area contributed by atoms with E-state index in [1.54, 1.807) is 12.3 Å². The van der Waals surface area contributed by atoms with E-state index in [4.69, 9.17) is 9.15 Å². The standard InChI is InChI=1S/C15H22N2O3/c18-15(14-3-9-20-12-14)17-5-1-4-16(6-7-17)10-13-2-8-19-11-13/h3,9,12-13H,1-2,4-8,10-11H2. The van der Waals surface area contributed by atoms with Crippen molar-refractivity contribution in [2.75, 3.05) is 45.9 Å². The van der Waals surface area contributed by atoms with Crippen molar-refractivity contribution >= 4 is 5.91 Å². The minimum Gasteiger partial charge on any atom is -0.472 e. The Morgan fingerprint density at radius 2 is 2.25 bits per heavy atom. The second kappa shape index (κ2) is 6.41. The lowest BCUT2D eigenvalue weighted by Crippen LogP contribution is -2.36. The van der Waals surface area contributed by atoms with Crippen molar-refractivity contribution in [3.05, 3.63) is 24.2 Å². The highest BCUT2D eigenvalue weighted by molar-refractivity contribution is 5.93. The zero-order valence-electron chi connectivity index (χ0n) is 11.8. The van der Waals surface area contributed by atoms with Crippen molar-refractivity contribution in [3.8, 4) is 0 Å². The van der Waals surface area contributed by atoms with Gasteiger partial charge in [0.05, 0.1) is 18.4 Å². The minimum atomic E-state index is 0.0878. The van der Waals surface area contributed by atoms with Gasteiger partial charge in [-0.3, -0.25) is 4.79 Å². The Morgan fingerprint density at radius 3 is 3.00 bits per heavy atom. The van der Waals surface area contributed by atoms with Gasteiger partial charge in [-0.1, -0.05) is 0 Å². The second-order valence-corrected chi connectivity index (χ2v) is 5.69. The van der Waals surface area contributed by atoms with E-state index in [1.807, 2.05) is 4.90 Å². The zero-order valence-corrected chi connectivity index (χ0v) is 11.8. The van der Waals surface area contributed by atoms with E-state index in [2.05, 4.69) is 4.90 Å². The lowest BCUT2D eigenvalue weighted by atomic mass is 10.1. The molecule has 2 aliphatic heterocycles. The molecule has 3 rings (SSSR count). The van der Waals surface area contributed by atoms with Gasteiger partial charge in [0.15, 0.2) is 0 Å². The van der Waals surface area contributed by atoms with Gasteiger partial charge in [-0.15, -0.1) is 0 Å². The van der Waals surface area contributed by atoms with Crippen LogP contribution in [0.1, 0.15) is 23.2 Å². The summed E-state index contributed by atoms with van der Waals surface area (Å²) in [4.78, 5) is 16.7. The maximum atomic E-state index is 12.3. The van der Waals surface area contributed by atoms with Gasteiger partial charge in [-0.05, 0) is 31.4 Å². The van der Waals surface area contributed by atoms with E-state index in [0.717, 1.165) is 52.4 Å². The predicted molar refractivity (Wildman–Crippen MR) is 74.6 cm³/mol. The fourth-order valence-corrected chi connectivity index (χ4v) is 3.02. The molecule has 1 unspecified atom stereocenters. The van der Waals surface area contributed by atoms with Gasteiger partial charge >= 0.3 is 0 Å². The molecule has 20 heavy (non-hydrogen) atoms. The first kappa shape index (κ1) is 13.6. The van der Waals surface area contributed by atoms with E-state index < -0.39 is 0 Å². The van der Waals surface area contributed by atoms with Crippen LogP contribution in [0.15, 0.2) is 23.0 Å². The molecule has 0 bridgehead atoms. The number of furan rings is 1. The average Bonchev–Trinajstić information content (AvgIpc) is 3.10. The lowest BCUT2D eigenvalue weighted by Gasteiger charge is -2.23. The van der Waals surface area contributed by atoms with Crippen LogP contribution in [0, 0.1) is 5.92 Å². The monoisotopic (exact) mass is 278 g/mol. The molecule has 2 saturated heterocycles. The summed E-state index contributed by atoms with van der Waals surface area (Å²) in [6.07, 6.45) is 5.30. The van der Waals surface area contributed by atoms with Crippen LogP contribution in [-0.2, 0) is 4.74 Å². The van der Waals surface area contributed by atoms with Crippen LogP contribution < -0.4 is 0 Å². The molecular formula is C15H22N2O3. The minimum absolute atomic E-state index is 0.0878. The first-order chi connectivity index (χ1) is 9.83. The van der Waals surface area contributed by atoms with Gasteiger partial charge in [0, 0.05) is 32.8 Å². The number of carbonyl (C=O) groups is 1. The molecule has 1 amide bonds. The van der Waals surface area contributed by atoms with Crippen LogP contribution in [0.25, 0.3) is 0 Å². The first-order valence-corrected chi connectivity index (χ1v) is 7.44. The molecule has 0 radical (unpaired) electrons. The summed E-state index contributed by atoms with van der Waals surface area (Å²) >= 11 is 0. The first-order valence-electron chi connectivity index (χ1n) is 7.44. The Morgan fingerprint density at radius 1 is 1.30 bits per heavy atom. The number of amides is 1. The number of ether oxygens (including phenoxy) is 1. The summed E-state index contributed by atoms with van der Waals surface area (Å²) in [5, 5.41) is 0. The Hall–Kier alpha value is -1.33. The van der Waals surface area contributed by atoms with E-state index in [1.165, 1.54) is 12.7 Å². The molecule has 2 fully saturated rings. The van der Waals surface area contributed by atoms with Crippen LogP contribution in [0.5, 0.6) is 0 Å². The summed E-state index contributed by atoms with van der Waals surface area (Å²) in [6, 6.07) is 1.74. The van der Waals surface area contributed by atoms with E-state index in [0.29, 0.717) is 11.5 Å². The maximum Gasteiger partial charge on any atom is 0.257 e. The van der Waals surface area contributed by atoms with Crippen LogP contribution >= 0.6 is 0 Å². The van der Waals surface area contributed by atoms with Crippen LogP contribution in [0.3, 0.4) is 0 Å². The fraction of sp³-hybridized carbons (Fsp3) is 0.667. The molecule has 0 saturated carbocycles. The highest BCUT2D eigenvalue weighted by Crippen LogP contribution is 2.16. The SMILES string of the molecule is O=C(c1ccoc1)N1CCCN(CC2CCOC2)CC1. The van der Waals surface area contributed by atoms with Crippen molar-refractivity contribution in [2.24, 2.45) is 5.92 Å². The molecule has 0 aromatic carbocycles. The highest BCUT2D eigenvalue weighted by atomic mass is 16.5. The van der Waals surface area contributed by atoms with Gasteiger partial charge in [0.2, 0.25) is 0 Å². The normalized spacial score (nSPS) is 24.8. The van der Waals surface area contributed by atoms with Gasteiger partial charge in [0.25, 0.3) is 5.91 Å². The average molecular weight is 278 g/mol. The number of rotatable bonds is 3. The molecule has 0 spiro atoms. The Balaban J connectivity index is 1.52. The number of hydrogen-bond acceptors (Lipinski definition) is 4. The fourth-order valence-electron chi connectivity index (χ4n) is 3.02. The van der Waals surface area contributed by atoms with Gasteiger partial charge in [-0.25, -0.2) is 0 Å². The maximum absolute atomic E-state index is 12.3. The molecule has 2 aliphatic rings. The predicted octanol–water partition coefficient (Wildman–Crippen LogP) is 1.46. The summed E-state index contributed by atoms with van der Waals surface area (Å²) in [5.74, 6) is 0.760. The third-order valence-electron chi connectivity index (χ3n) is 4.18. The van der Waals surface area contributed by atoms with Crippen LogP contribution in [-0.4, -0.2) is 61.6 Å². The molecule has 0 aliphatic carbocycles. The van der Waals surface area contributed by atoms with E-state index >= 15 is 0 Å². The number of hydrogen-bond donors (Lipinski definition) is 0. The Bertz CT molecular complexity index is 426. The largest absolute Gasteiger partial charge is 0.472 e. The second-order valence-electron chi connectivity index (χ2n) is 5.69. The molecule has 1 aromatic rings. The topological polar surface area (TPSA) is 45.9 Å². The van der Waals surface area contributed by atoms with E-state index in [-0.39, 0.29) is 5.91 Å². The Labute approximate surface area is 119 Å². The van der Waals surface area contributed by atoms with Crippen LogP contribution in [0.4, 0.5) is 0 Å². The van der Waals surface area contributed by atoms with Crippen molar-refractivity contribution in [3.63, 3.8) is 0 Å². The third kappa shape index (κ3) is 3.22. The molecule has 5 nitrogen and oxygen atoms in total. The van der Waals surface area contributed by atoms with Gasteiger partial charge in [-0.2, -0.15) is 0 Å². The molecule has 0 N–H and O–H groups in total. The summed E-state index contributed by atoms with van der Waals surface area (Å²) in [6.45, 7) is 6.58. The summed E-state index contributed by atoms with van der Waals surface area (Å²) in [7, 11) is 0. The smallest absolute Gasteiger partial charge is 0.257 e. The number of carbonyl (C=O) groups excluding carboxylic acids is 1. The highest BCUT2D eigenvalue weighted by Gasteiger charge is 2.24. The van der Waals surface area contributed by atoms with Gasteiger partial charge in [0.1, 0.15) is 6.26 Å². The van der Waals surface area contributed by atoms with Gasteiger partial charge < -0.3 is 19.0 Å². The van der Waals surface area contributed by atoms with Crippen LogP contribution in [0.2, 0.25) is 0 Å². The van der Waals surface area contributed by atoms with Crippen molar-refractivity contribution < 1.29 is 13.9 Å². The third-order valence-corrected chi connectivity index (χ3v) is 4.18. The molecule has 5 heteroatoms. The van der Waals surface area contributed by atoms with Crippen molar-refractivity contribution in [1.29, 1.82) is 0 Å². The molecule has 110 valence electrons. The molecular weight excluding hydrogens is 256 g/mol. The van der Waals surface area contributed by atoms with E-state index in [9.17, 15) is 4.79 Å². The Kier molecular flexibility index (Phi) is 4.38. The molecule has 1 aromatic heterocycles. The number of nitrogens with zero attached hydrogens (tertiary/aromatic N) is 2.